The highest BCUT2D eigenvalue weighted by atomic mass is 32.1. The Labute approximate surface area is 132 Å². The number of esters is 1. The van der Waals surface area contributed by atoms with Gasteiger partial charge in [-0.15, -0.1) is 11.3 Å². The number of thiophene rings is 1. The van der Waals surface area contributed by atoms with Gasteiger partial charge in [0.05, 0.1) is 12.7 Å². The molecule has 0 spiro atoms. The Hall–Kier alpha value is -2.18. The molecule has 0 aliphatic rings. The SMILES string of the molecule is COC(=O)c1ccc(C(=O)NC[C@H](O)c2sccc2C)cc1. The van der Waals surface area contributed by atoms with Crippen molar-refractivity contribution in [1.82, 2.24) is 5.32 Å². The van der Waals surface area contributed by atoms with E-state index < -0.39 is 12.1 Å². The molecule has 0 saturated carbocycles. The number of carbonyl (C=O) groups is 2. The van der Waals surface area contributed by atoms with Gasteiger partial charge in [0.1, 0.15) is 6.10 Å². The second kappa shape index (κ2) is 7.20. The van der Waals surface area contributed by atoms with E-state index in [1.807, 2.05) is 18.4 Å². The Morgan fingerprint density at radius 2 is 1.86 bits per heavy atom. The number of hydrogen-bond acceptors (Lipinski definition) is 5. The summed E-state index contributed by atoms with van der Waals surface area (Å²) in [6.07, 6.45) is -0.724. The van der Waals surface area contributed by atoms with Gasteiger partial charge in [-0.05, 0) is 48.2 Å². The average molecular weight is 319 g/mol. The lowest BCUT2D eigenvalue weighted by atomic mass is 10.1. The fourth-order valence-corrected chi connectivity index (χ4v) is 2.90. The zero-order valence-corrected chi connectivity index (χ0v) is 13.1. The van der Waals surface area contributed by atoms with E-state index in [-0.39, 0.29) is 12.5 Å². The topological polar surface area (TPSA) is 75.6 Å². The number of benzene rings is 1. The van der Waals surface area contributed by atoms with Crippen molar-refractivity contribution in [2.75, 3.05) is 13.7 Å². The van der Waals surface area contributed by atoms with E-state index in [1.165, 1.54) is 30.6 Å². The molecule has 0 fully saturated rings. The van der Waals surface area contributed by atoms with Crippen molar-refractivity contribution < 1.29 is 19.4 Å². The van der Waals surface area contributed by atoms with Crippen LogP contribution in [0.25, 0.3) is 0 Å². The second-order valence-electron chi connectivity index (χ2n) is 4.76. The molecule has 0 saturated heterocycles. The first kappa shape index (κ1) is 16.2. The minimum Gasteiger partial charge on any atom is -0.465 e. The minimum atomic E-state index is -0.724. The number of aliphatic hydroxyl groups excluding tert-OH is 1. The molecule has 0 aliphatic carbocycles. The summed E-state index contributed by atoms with van der Waals surface area (Å²) in [4.78, 5) is 24.2. The summed E-state index contributed by atoms with van der Waals surface area (Å²) in [5.41, 5.74) is 1.81. The van der Waals surface area contributed by atoms with Crippen molar-refractivity contribution in [3.8, 4) is 0 Å². The van der Waals surface area contributed by atoms with Crippen molar-refractivity contribution >= 4 is 23.2 Å². The summed E-state index contributed by atoms with van der Waals surface area (Å²) in [6, 6.07) is 8.08. The summed E-state index contributed by atoms with van der Waals surface area (Å²) in [5, 5.41) is 14.7. The van der Waals surface area contributed by atoms with Crippen LogP contribution in [0.5, 0.6) is 0 Å². The normalized spacial score (nSPS) is 11.8. The van der Waals surface area contributed by atoms with Gasteiger partial charge in [0.2, 0.25) is 0 Å². The third kappa shape index (κ3) is 3.72. The molecule has 1 aromatic carbocycles. The molecule has 0 aliphatic heterocycles. The van der Waals surface area contributed by atoms with Crippen molar-refractivity contribution in [3.63, 3.8) is 0 Å². The molecule has 116 valence electrons. The number of ether oxygens (including phenoxy) is 1. The summed E-state index contributed by atoms with van der Waals surface area (Å²) in [7, 11) is 1.30. The van der Waals surface area contributed by atoms with Gasteiger partial charge >= 0.3 is 5.97 Å². The van der Waals surface area contributed by atoms with Crippen LogP contribution >= 0.6 is 11.3 Å². The lowest BCUT2D eigenvalue weighted by Crippen LogP contribution is -2.28. The Bertz CT molecular complexity index is 663. The molecule has 1 aromatic heterocycles. The van der Waals surface area contributed by atoms with Crippen LogP contribution in [0.1, 0.15) is 37.3 Å². The van der Waals surface area contributed by atoms with Crippen molar-refractivity contribution in [2.45, 2.75) is 13.0 Å². The first-order valence-corrected chi connectivity index (χ1v) is 7.59. The summed E-state index contributed by atoms with van der Waals surface area (Å²) < 4.78 is 4.60. The van der Waals surface area contributed by atoms with Crippen LogP contribution in [0.15, 0.2) is 35.7 Å². The quantitative estimate of drug-likeness (QED) is 0.829. The second-order valence-corrected chi connectivity index (χ2v) is 5.71. The third-order valence-electron chi connectivity index (χ3n) is 3.23. The van der Waals surface area contributed by atoms with Crippen LogP contribution in [0.3, 0.4) is 0 Å². The maximum absolute atomic E-state index is 12.0. The first-order chi connectivity index (χ1) is 10.5. The molecule has 2 rings (SSSR count). The summed E-state index contributed by atoms with van der Waals surface area (Å²) in [5.74, 6) is -0.750. The Morgan fingerprint density at radius 3 is 2.41 bits per heavy atom. The number of amides is 1. The van der Waals surface area contributed by atoms with Gasteiger partial charge in [-0.2, -0.15) is 0 Å². The zero-order valence-electron chi connectivity index (χ0n) is 12.3. The smallest absolute Gasteiger partial charge is 0.337 e. The van der Waals surface area contributed by atoms with Crippen LogP contribution in [0, 0.1) is 6.92 Å². The highest BCUT2D eigenvalue weighted by molar-refractivity contribution is 7.10. The molecule has 5 nitrogen and oxygen atoms in total. The highest BCUT2D eigenvalue weighted by Gasteiger charge is 2.14. The van der Waals surface area contributed by atoms with E-state index in [4.69, 9.17) is 0 Å². The molecular weight excluding hydrogens is 302 g/mol. The number of methoxy groups -OCH3 is 1. The number of aryl methyl sites for hydroxylation is 1. The van der Waals surface area contributed by atoms with Crippen LogP contribution in [-0.4, -0.2) is 30.6 Å². The fourth-order valence-electron chi connectivity index (χ4n) is 1.99. The average Bonchev–Trinajstić information content (AvgIpc) is 2.97. The molecule has 6 heteroatoms. The molecule has 2 aromatic rings. The molecule has 1 atom stereocenters. The van der Waals surface area contributed by atoms with Crippen LogP contribution in [0.2, 0.25) is 0 Å². The number of rotatable bonds is 5. The van der Waals surface area contributed by atoms with Gasteiger partial charge in [-0.25, -0.2) is 4.79 Å². The molecule has 1 heterocycles. The van der Waals surface area contributed by atoms with E-state index in [0.29, 0.717) is 11.1 Å². The third-order valence-corrected chi connectivity index (χ3v) is 4.35. The molecule has 0 unspecified atom stereocenters. The largest absolute Gasteiger partial charge is 0.465 e. The van der Waals surface area contributed by atoms with Gasteiger partial charge in [0, 0.05) is 17.0 Å². The van der Waals surface area contributed by atoms with Gasteiger partial charge in [0.25, 0.3) is 5.91 Å². The number of aliphatic hydroxyl groups is 1. The van der Waals surface area contributed by atoms with Gasteiger partial charge in [0.15, 0.2) is 0 Å². The lowest BCUT2D eigenvalue weighted by molar-refractivity contribution is 0.0600. The zero-order chi connectivity index (χ0) is 16.1. The fraction of sp³-hybridized carbons (Fsp3) is 0.250. The molecule has 1 amide bonds. The van der Waals surface area contributed by atoms with E-state index in [1.54, 1.807) is 12.1 Å². The first-order valence-electron chi connectivity index (χ1n) is 6.71. The van der Waals surface area contributed by atoms with Crippen LogP contribution < -0.4 is 5.32 Å². The molecule has 0 radical (unpaired) electrons. The van der Waals surface area contributed by atoms with Crippen LogP contribution in [0.4, 0.5) is 0 Å². The molecule has 0 bridgehead atoms. The van der Waals surface area contributed by atoms with Gasteiger partial charge in [-0.3, -0.25) is 4.79 Å². The predicted octanol–water partition coefficient (Wildman–Crippen LogP) is 2.31. The summed E-state index contributed by atoms with van der Waals surface area (Å²) in [6.45, 7) is 2.06. The van der Waals surface area contributed by atoms with E-state index >= 15 is 0 Å². The maximum atomic E-state index is 12.0. The standard InChI is InChI=1S/C16H17NO4S/c1-10-7-8-22-14(10)13(18)9-17-15(19)11-3-5-12(6-4-11)16(20)21-2/h3-8,13,18H,9H2,1-2H3,(H,17,19)/t13-/m0/s1. The number of nitrogens with one attached hydrogen (secondary N) is 1. The van der Waals surface area contributed by atoms with Gasteiger partial charge in [-0.1, -0.05) is 0 Å². The highest BCUT2D eigenvalue weighted by Crippen LogP contribution is 2.23. The van der Waals surface area contributed by atoms with E-state index in [0.717, 1.165) is 10.4 Å². The molecule has 2 N–H and O–H groups in total. The van der Waals surface area contributed by atoms with E-state index in [2.05, 4.69) is 10.1 Å². The van der Waals surface area contributed by atoms with Crippen molar-refractivity contribution in [3.05, 3.63) is 57.3 Å². The summed E-state index contributed by atoms with van der Waals surface area (Å²) >= 11 is 1.46. The Morgan fingerprint density at radius 1 is 1.23 bits per heavy atom. The lowest BCUT2D eigenvalue weighted by Gasteiger charge is -2.11. The Balaban J connectivity index is 1.95. The van der Waals surface area contributed by atoms with Crippen molar-refractivity contribution in [2.24, 2.45) is 0 Å². The maximum Gasteiger partial charge on any atom is 0.337 e. The number of hydrogen-bond donors (Lipinski definition) is 2. The molecule has 22 heavy (non-hydrogen) atoms. The molecular formula is C16H17NO4S. The number of carbonyl (C=O) groups excluding carboxylic acids is 2. The Kier molecular flexibility index (Phi) is 5.30. The van der Waals surface area contributed by atoms with Crippen molar-refractivity contribution in [1.29, 1.82) is 0 Å². The van der Waals surface area contributed by atoms with E-state index in [9.17, 15) is 14.7 Å². The minimum absolute atomic E-state index is 0.138. The predicted molar refractivity (Wildman–Crippen MR) is 84.1 cm³/mol. The van der Waals surface area contributed by atoms with Crippen LogP contribution in [-0.2, 0) is 4.74 Å². The monoisotopic (exact) mass is 319 g/mol. The van der Waals surface area contributed by atoms with Gasteiger partial charge < -0.3 is 15.2 Å².